The molecule has 0 radical (unpaired) electrons. The van der Waals surface area contributed by atoms with Gasteiger partial charge in [0.2, 0.25) is 0 Å². The zero-order valence-corrected chi connectivity index (χ0v) is 14.0. The average molecular weight is 300 g/mol. The summed E-state index contributed by atoms with van der Waals surface area (Å²) in [6.45, 7) is 3.59. The van der Waals surface area contributed by atoms with E-state index in [2.05, 4.69) is 5.32 Å². The van der Waals surface area contributed by atoms with Gasteiger partial charge in [0.1, 0.15) is 5.78 Å². The van der Waals surface area contributed by atoms with E-state index in [-0.39, 0.29) is 11.9 Å². The minimum atomic E-state index is -0.241. The Kier molecular flexibility index (Phi) is 13.1. The van der Waals surface area contributed by atoms with Crippen LogP contribution in [0.2, 0.25) is 0 Å². The van der Waals surface area contributed by atoms with Gasteiger partial charge in [0.05, 0.1) is 6.61 Å². The van der Waals surface area contributed by atoms with Crippen LogP contribution in [0.1, 0.15) is 58.3 Å². The van der Waals surface area contributed by atoms with Gasteiger partial charge in [-0.1, -0.05) is 32.1 Å². The first-order valence-electron chi connectivity index (χ1n) is 8.10. The lowest BCUT2D eigenvalue weighted by atomic mass is 10.1. The number of hydrogen-bond acceptors (Lipinski definition) is 4. The summed E-state index contributed by atoms with van der Waals surface area (Å²) in [7, 11) is 3.61. The third kappa shape index (κ3) is 13.6. The Labute approximate surface area is 129 Å². The van der Waals surface area contributed by atoms with Gasteiger partial charge in [-0.15, -0.1) is 0 Å². The van der Waals surface area contributed by atoms with Crippen molar-refractivity contribution >= 4 is 11.9 Å². The molecule has 0 atom stereocenters. The summed E-state index contributed by atoms with van der Waals surface area (Å²) in [5.74, 6) is 0.288. The number of carbonyl (C=O) groups excluding carboxylic acids is 2. The number of unbranched alkanes of at least 4 members (excludes halogenated alkanes) is 6. The predicted molar refractivity (Wildman–Crippen MR) is 85.5 cm³/mol. The second-order valence-electron chi connectivity index (χ2n) is 5.57. The molecule has 1 amide bonds. The van der Waals surface area contributed by atoms with Crippen molar-refractivity contribution in [3.05, 3.63) is 0 Å². The molecule has 0 aliphatic rings. The topological polar surface area (TPSA) is 58.6 Å². The molecule has 1 N–H and O–H groups in total. The second-order valence-corrected chi connectivity index (χ2v) is 5.57. The van der Waals surface area contributed by atoms with Crippen molar-refractivity contribution in [1.82, 2.24) is 10.2 Å². The molecule has 0 aliphatic carbocycles. The number of nitrogens with one attached hydrogen (secondary N) is 1. The molecule has 0 aromatic carbocycles. The highest BCUT2D eigenvalue weighted by molar-refractivity contribution is 5.75. The fourth-order valence-corrected chi connectivity index (χ4v) is 2.00. The van der Waals surface area contributed by atoms with E-state index in [0.717, 1.165) is 38.6 Å². The molecular weight excluding hydrogens is 268 g/mol. The van der Waals surface area contributed by atoms with Crippen LogP contribution in [-0.2, 0) is 9.53 Å². The lowest BCUT2D eigenvalue weighted by Gasteiger charge is -2.16. The van der Waals surface area contributed by atoms with Gasteiger partial charge in [0.25, 0.3) is 0 Å². The Balaban J connectivity index is 3.28. The number of ether oxygens (including phenoxy) is 1. The van der Waals surface area contributed by atoms with Gasteiger partial charge in [-0.25, -0.2) is 4.79 Å². The Morgan fingerprint density at radius 2 is 1.57 bits per heavy atom. The summed E-state index contributed by atoms with van der Waals surface area (Å²) in [5, 5.41) is 3.00. The van der Waals surface area contributed by atoms with Gasteiger partial charge in [0, 0.05) is 26.6 Å². The van der Waals surface area contributed by atoms with Crippen molar-refractivity contribution in [3.63, 3.8) is 0 Å². The molecule has 0 aromatic heterocycles. The van der Waals surface area contributed by atoms with E-state index in [1.54, 1.807) is 18.9 Å². The van der Waals surface area contributed by atoms with Crippen LogP contribution in [0.5, 0.6) is 0 Å². The van der Waals surface area contributed by atoms with E-state index in [4.69, 9.17) is 4.74 Å². The van der Waals surface area contributed by atoms with Crippen molar-refractivity contribution in [2.24, 2.45) is 0 Å². The van der Waals surface area contributed by atoms with Crippen LogP contribution in [0, 0.1) is 0 Å². The maximum Gasteiger partial charge on any atom is 0.409 e. The molecule has 5 nitrogen and oxygen atoms in total. The molecule has 0 fully saturated rings. The van der Waals surface area contributed by atoms with Crippen molar-refractivity contribution in [3.8, 4) is 0 Å². The average Bonchev–Trinajstić information content (AvgIpc) is 2.46. The van der Waals surface area contributed by atoms with Crippen molar-refractivity contribution in [2.45, 2.75) is 58.3 Å². The van der Waals surface area contributed by atoms with E-state index < -0.39 is 0 Å². The molecule has 0 unspecified atom stereocenters. The molecule has 21 heavy (non-hydrogen) atoms. The van der Waals surface area contributed by atoms with Gasteiger partial charge in [-0.3, -0.25) is 0 Å². The van der Waals surface area contributed by atoms with E-state index >= 15 is 0 Å². The molecule has 0 rings (SSSR count). The Bertz CT molecular complexity index is 283. The van der Waals surface area contributed by atoms with Gasteiger partial charge in [0.15, 0.2) is 0 Å². The summed E-state index contributed by atoms with van der Waals surface area (Å²) in [5.41, 5.74) is 0. The normalized spacial score (nSPS) is 10.4. The molecule has 0 saturated heterocycles. The molecule has 0 aromatic rings. The van der Waals surface area contributed by atoms with Crippen molar-refractivity contribution in [2.75, 3.05) is 33.8 Å². The monoisotopic (exact) mass is 300 g/mol. The molecule has 124 valence electrons. The van der Waals surface area contributed by atoms with Crippen LogP contribution in [0.3, 0.4) is 0 Å². The number of rotatable bonds is 13. The summed E-state index contributed by atoms with van der Waals surface area (Å²) < 4.78 is 5.19. The first-order valence-corrected chi connectivity index (χ1v) is 8.10. The standard InChI is InChI=1S/C16H32N2O3/c1-15(19)11-9-7-5-4-6-8-10-14-21-16(20)18(3)13-12-17-2/h17H,4-14H2,1-3H3. The van der Waals surface area contributed by atoms with Gasteiger partial charge in [-0.2, -0.15) is 0 Å². The van der Waals surface area contributed by atoms with E-state index in [9.17, 15) is 9.59 Å². The molecule has 0 heterocycles. The van der Waals surface area contributed by atoms with E-state index in [1.807, 2.05) is 7.05 Å². The number of Topliss-reactive ketones (excluding diaryl/α,β-unsaturated/α-hetero) is 1. The quantitative estimate of drug-likeness (QED) is 0.531. The first-order chi connectivity index (χ1) is 10.1. The van der Waals surface area contributed by atoms with Gasteiger partial charge >= 0.3 is 6.09 Å². The zero-order chi connectivity index (χ0) is 15.9. The highest BCUT2D eigenvalue weighted by Crippen LogP contribution is 2.09. The van der Waals surface area contributed by atoms with Gasteiger partial charge in [-0.05, 0) is 26.8 Å². The Morgan fingerprint density at radius 1 is 1.00 bits per heavy atom. The van der Waals surface area contributed by atoms with Crippen molar-refractivity contribution < 1.29 is 14.3 Å². The fourth-order valence-electron chi connectivity index (χ4n) is 2.00. The van der Waals surface area contributed by atoms with Gasteiger partial charge < -0.3 is 19.7 Å². The van der Waals surface area contributed by atoms with Crippen LogP contribution >= 0.6 is 0 Å². The molecule has 0 saturated carbocycles. The van der Waals surface area contributed by atoms with Crippen LogP contribution < -0.4 is 5.32 Å². The third-order valence-electron chi connectivity index (χ3n) is 3.41. The van der Waals surface area contributed by atoms with Crippen LogP contribution in [-0.4, -0.2) is 50.6 Å². The Morgan fingerprint density at radius 3 is 2.14 bits per heavy atom. The summed E-state index contributed by atoms with van der Waals surface area (Å²) in [6.07, 6.45) is 8.24. The summed E-state index contributed by atoms with van der Waals surface area (Å²) in [4.78, 5) is 23.9. The smallest absolute Gasteiger partial charge is 0.409 e. The lowest BCUT2D eigenvalue weighted by molar-refractivity contribution is -0.117. The minimum absolute atomic E-state index is 0.241. The summed E-state index contributed by atoms with van der Waals surface area (Å²) in [6, 6.07) is 0. The van der Waals surface area contributed by atoms with E-state index in [1.165, 1.54) is 19.3 Å². The maximum atomic E-state index is 11.6. The zero-order valence-electron chi connectivity index (χ0n) is 14.0. The third-order valence-corrected chi connectivity index (χ3v) is 3.41. The molecule has 5 heteroatoms. The second kappa shape index (κ2) is 13.9. The first kappa shape index (κ1) is 19.9. The maximum absolute atomic E-state index is 11.6. The number of amides is 1. The lowest BCUT2D eigenvalue weighted by Crippen LogP contribution is -2.33. The number of nitrogens with zero attached hydrogens (tertiary/aromatic N) is 1. The number of hydrogen-bond donors (Lipinski definition) is 1. The number of likely N-dealkylation sites (N-methyl/N-ethyl adjacent to an activating group) is 2. The largest absolute Gasteiger partial charge is 0.449 e. The SMILES string of the molecule is CNCCN(C)C(=O)OCCCCCCCCCC(C)=O. The molecule has 0 bridgehead atoms. The predicted octanol–water partition coefficient (Wildman–Crippen LogP) is 2.98. The molecular formula is C16H32N2O3. The van der Waals surface area contributed by atoms with Crippen molar-refractivity contribution in [1.29, 1.82) is 0 Å². The molecule has 0 aliphatic heterocycles. The summed E-state index contributed by atoms with van der Waals surface area (Å²) >= 11 is 0. The molecule has 0 spiro atoms. The highest BCUT2D eigenvalue weighted by atomic mass is 16.6. The fraction of sp³-hybridized carbons (Fsp3) is 0.875. The number of ketones is 1. The van der Waals surface area contributed by atoms with Crippen LogP contribution in [0.25, 0.3) is 0 Å². The highest BCUT2D eigenvalue weighted by Gasteiger charge is 2.08. The van der Waals surface area contributed by atoms with Crippen LogP contribution in [0.15, 0.2) is 0 Å². The van der Waals surface area contributed by atoms with E-state index in [0.29, 0.717) is 13.2 Å². The minimum Gasteiger partial charge on any atom is -0.449 e. The van der Waals surface area contributed by atoms with Crippen LogP contribution in [0.4, 0.5) is 4.79 Å². The number of carbonyl (C=O) groups is 2. The Hall–Kier alpha value is -1.10.